The summed E-state index contributed by atoms with van der Waals surface area (Å²) in [5, 5.41) is 21.7. The van der Waals surface area contributed by atoms with Crippen molar-refractivity contribution in [3.63, 3.8) is 0 Å². The van der Waals surface area contributed by atoms with Crippen LogP contribution in [0, 0.1) is 22.7 Å². The van der Waals surface area contributed by atoms with E-state index < -0.39 is 0 Å². The lowest BCUT2D eigenvalue weighted by molar-refractivity contribution is -0.119. The first-order valence-corrected chi connectivity index (χ1v) is 7.83. The number of benzene rings is 2. The standard InChI is InChI=1S/C19H16N4O/c20-12-14-5-3-6-15(13-21)19(14)22-16-7-4-8-17(11-16)23-10-2-1-9-18(23)24/h3-8,11,22H,1-2,9-10H2. The van der Waals surface area contributed by atoms with Crippen molar-refractivity contribution in [2.75, 3.05) is 16.8 Å². The summed E-state index contributed by atoms with van der Waals surface area (Å²) in [7, 11) is 0. The number of anilines is 3. The van der Waals surface area contributed by atoms with Gasteiger partial charge in [0.15, 0.2) is 0 Å². The van der Waals surface area contributed by atoms with Crippen molar-refractivity contribution >= 4 is 23.0 Å². The minimum Gasteiger partial charge on any atom is -0.353 e. The van der Waals surface area contributed by atoms with E-state index in [0.29, 0.717) is 23.2 Å². The van der Waals surface area contributed by atoms with Crippen molar-refractivity contribution < 1.29 is 4.79 Å². The molecule has 1 fully saturated rings. The highest BCUT2D eigenvalue weighted by molar-refractivity contribution is 5.94. The van der Waals surface area contributed by atoms with Crippen molar-refractivity contribution in [1.29, 1.82) is 10.5 Å². The van der Waals surface area contributed by atoms with Crippen LogP contribution in [0.25, 0.3) is 0 Å². The molecule has 3 rings (SSSR count). The molecule has 5 nitrogen and oxygen atoms in total. The zero-order valence-electron chi connectivity index (χ0n) is 13.1. The Labute approximate surface area is 140 Å². The van der Waals surface area contributed by atoms with Crippen LogP contribution in [-0.4, -0.2) is 12.5 Å². The predicted molar refractivity (Wildman–Crippen MR) is 91.8 cm³/mol. The molecular formula is C19H16N4O. The molecule has 0 aromatic heterocycles. The molecule has 2 aromatic carbocycles. The molecular weight excluding hydrogens is 300 g/mol. The number of carbonyl (C=O) groups excluding carboxylic acids is 1. The molecule has 1 heterocycles. The fourth-order valence-corrected chi connectivity index (χ4v) is 2.85. The maximum Gasteiger partial charge on any atom is 0.226 e. The van der Waals surface area contributed by atoms with E-state index in [1.54, 1.807) is 23.1 Å². The predicted octanol–water partition coefficient (Wildman–Crippen LogP) is 3.69. The molecule has 118 valence electrons. The van der Waals surface area contributed by atoms with Gasteiger partial charge in [0.2, 0.25) is 5.91 Å². The molecule has 0 atom stereocenters. The molecule has 2 aromatic rings. The summed E-state index contributed by atoms with van der Waals surface area (Å²) in [4.78, 5) is 13.9. The van der Waals surface area contributed by atoms with E-state index in [-0.39, 0.29) is 5.91 Å². The third-order valence-corrected chi connectivity index (χ3v) is 4.06. The smallest absolute Gasteiger partial charge is 0.226 e. The van der Waals surface area contributed by atoms with E-state index in [1.807, 2.05) is 24.3 Å². The molecule has 0 unspecified atom stereocenters. The highest BCUT2D eigenvalue weighted by atomic mass is 16.2. The maximum atomic E-state index is 12.1. The summed E-state index contributed by atoms with van der Waals surface area (Å²) < 4.78 is 0. The van der Waals surface area contributed by atoms with Gasteiger partial charge in [0.05, 0.1) is 16.8 Å². The summed E-state index contributed by atoms with van der Waals surface area (Å²) in [5.74, 6) is 0.133. The molecule has 0 spiro atoms. The Bertz CT molecular complexity index is 828. The molecule has 0 saturated carbocycles. The van der Waals surface area contributed by atoms with E-state index in [1.165, 1.54) is 0 Å². The minimum atomic E-state index is 0.133. The van der Waals surface area contributed by atoms with E-state index in [0.717, 1.165) is 30.8 Å². The lowest BCUT2D eigenvalue weighted by Crippen LogP contribution is -2.35. The van der Waals surface area contributed by atoms with Gasteiger partial charge in [-0.3, -0.25) is 4.79 Å². The van der Waals surface area contributed by atoms with Crippen LogP contribution in [-0.2, 0) is 4.79 Å². The number of carbonyl (C=O) groups is 1. The number of piperidine rings is 1. The van der Waals surface area contributed by atoms with E-state index >= 15 is 0 Å². The molecule has 0 aliphatic carbocycles. The average molecular weight is 316 g/mol. The van der Waals surface area contributed by atoms with Crippen molar-refractivity contribution in [1.82, 2.24) is 0 Å². The molecule has 1 N–H and O–H groups in total. The fourth-order valence-electron chi connectivity index (χ4n) is 2.85. The third-order valence-electron chi connectivity index (χ3n) is 4.06. The lowest BCUT2D eigenvalue weighted by Gasteiger charge is -2.27. The SMILES string of the molecule is N#Cc1cccc(C#N)c1Nc1cccc(N2CCCCC2=O)c1. The number of hydrogen-bond acceptors (Lipinski definition) is 4. The summed E-state index contributed by atoms with van der Waals surface area (Å²) in [5.41, 5.74) is 2.88. The lowest BCUT2D eigenvalue weighted by atomic mass is 10.1. The summed E-state index contributed by atoms with van der Waals surface area (Å²) >= 11 is 0. The Morgan fingerprint density at radius 1 is 1.00 bits per heavy atom. The first-order valence-electron chi connectivity index (χ1n) is 7.83. The van der Waals surface area contributed by atoms with Gasteiger partial charge in [-0.05, 0) is 43.2 Å². The van der Waals surface area contributed by atoms with Crippen molar-refractivity contribution in [3.8, 4) is 12.1 Å². The normalized spacial score (nSPS) is 13.9. The maximum absolute atomic E-state index is 12.1. The summed E-state index contributed by atoms with van der Waals surface area (Å²) in [6, 6.07) is 16.7. The topological polar surface area (TPSA) is 79.9 Å². The van der Waals surface area contributed by atoms with Crippen LogP contribution in [0.3, 0.4) is 0 Å². The molecule has 1 saturated heterocycles. The number of para-hydroxylation sites is 1. The van der Waals surface area contributed by atoms with Gasteiger partial charge in [-0.25, -0.2) is 0 Å². The second-order valence-electron chi connectivity index (χ2n) is 5.63. The molecule has 24 heavy (non-hydrogen) atoms. The monoisotopic (exact) mass is 316 g/mol. The molecule has 0 bridgehead atoms. The Kier molecular flexibility index (Phi) is 4.45. The number of nitriles is 2. The van der Waals surface area contributed by atoms with Crippen LogP contribution >= 0.6 is 0 Å². The highest BCUT2D eigenvalue weighted by Crippen LogP contribution is 2.28. The van der Waals surface area contributed by atoms with Crippen LogP contribution in [0.15, 0.2) is 42.5 Å². The quantitative estimate of drug-likeness (QED) is 0.936. The number of nitrogens with one attached hydrogen (secondary N) is 1. The number of nitrogens with zero attached hydrogens (tertiary/aromatic N) is 3. The van der Waals surface area contributed by atoms with Gasteiger partial charge in [0.25, 0.3) is 0 Å². The second kappa shape index (κ2) is 6.85. The van der Waals surface area contributed by atoms with Crippen LogP contribution in [0.2, 0.25) is 0 Å². The van der Waals surface area contributed by atoms with Crippen molar-refractivity contribution in [2.45, 2.75) is 19.3 Å². The number of amides is 1. The van der Waals surface area contributed by atoms with Gasteiger partial charge >= 0.3 is 0 Å². The Morgan fingerprint density at radius 3 is 2.38 bits per heavy atom. The molecule has 1 amide bonds. The fraction of sp³-hybridized carbons (Fsp3) is 0.211. The van der Waals surface area contributed by atoms with Gasteiger partial charge in [0, 0.05) is 24.3 Å². The largest absolute Gasteiger partial charge is 0.353 e. The van der Waals surface area contributed by atoms with Crippen LogP contribution in [0.4, 0.5) is 17.1 Å². The van der Waals surface area contributed by atoms with E-state index in [9.17, 15) is 15.3 Å². The second-order valence-corrected chi connectivity index (χ2v) is 5.63. The molecule has 1 aliphatic rings. The van der Waals surface area contributed by atoms with Gasteiger partial charge in [0.1, 0.15) is 12.1 Å². The van der Waals surface area contributed by atoms with Crippen molar-refractivity contribution in [2.24, 2.45) is 0 Å². The van der Waals surface area contributed by atoms with Crippen LogP contribution in [0.1, 0.15) is 30.4 Å². The number of rotatable bonds is 3. The molecule has 1 aliphatic heterocycles. The van der Waals surface area contributed by atoms with Crippen LogP contribution in [0.5, 0.6) is 0 Å². The van der Waals surface area contributed by atoms with Gasteiger partial charge in [-0.1, -0.05) is 12.1 Å². The summed E-state index contributed by atoms with van der Waals surface area (Å²) in [6.07, 6.45) is 2.51. The van der Waals surface area contributed by atoms with E-state index in [2.05, 4.69) is 17.5 Å². The van der Waals surface area contributed by atoms with E-state index in [4.69, 9.17) is 0 Å². The Hall–Kier alpha value is -3.31. The van der Waals surface area contributed by atoms with Crippen LogP contribution < -0.4 is 10.2 Å². The number of hydrogen-bond donors (Lipinski definition) is 1. The zero-order chi connectivity index (χ0) is 16.9. The Morgan fingerprint density at radius 2 is 1.71 bits per heavy atom. The van der Waals surface area contributed by atoms with Gasteiger partial charge in [-0.15, -0.1) is 0 Å². The first-order chi connectivity index (χ1) is 11.7. The van der Waals surface area contributed by atoms with Crippen molar-refractivity contribution in [3.05, 3.63) is 53.6 Å². The van der Waals surface area contributed by atoms with Gasteiger partial charge in [-0.2, -0.15) is 10.5 Å². The summed E-state index contributed by atoms with van der Waals surface area (Å²) in [6.45, 7) is 0.723. The van der Waals surface area contributed by atoms with Gasteiger partial charge < -0.3 is 10.2 Å². The third kappa shape index (κ3) is 3.06. The minimum absolute atomic E-state index is 0.133. The molecule has 5 heteroatoms. The highest BCUT2D eigenvalue weighted by Gasteiger charge is 2.19. The Balaban J connectivity index is 1.93. The first kappa shape index (κ1) is 15.6. The zero-order valence-corrected chi connectivity index (χ0v) is 13.1. The average Bonchev–Trinajstić information content (AvgIpc) is 2.62. The molecule has 0 radical (unpaired) electrons.